The zero-order chi connectivity index (χ0) is 14.8. The summed E-state index contributed by atoms with van der Waals surface area (Å²) in [5, 5.41) is 10.6. The second-order valence-corrected chi connectivity index (χ2v) is 5.23. The molecule has 3 rings (SSSR count). The number of amides is 1. The number of nitrogens with one attached hydrogen (secondary N) is 2. The smallest absolute Gasteiger partial charge is 0.246 e. The molecule has 1 aliphatic heterocycles. The van der Waals surface area contributed by atoms with Gasteiger partial charge in [-0.05, 0) is 31.5 Å². The van der Waals surface area contributed by atoms with Crippen LogP contribution in [-0.4, -0.2) is 52.7 Å². The molecule has 1 unspecified atom stereocenters. The van der Waals surface area contributed by atoms with E-state index in [1.165, 1.54) is 0 Å². The van der Waals surface area contributed by atoms with Crippen LogP contribution in [0.2, 0.25) is 0 Å². The topological polar surface area (TPSA) is 74.6 Å². The van der Waals surface area contributed by atoms with Crippen molar-refractivity contribution in [2.24, 2.45) is 0 Å². The molecule has 2 N–H and O–H groups in total. The van der Waals surface area contributed by atoms with Crippen LogP contribution < -0.4 is 15.5 Å². The molecule has 112 valence electrons. The lowest BCUT2D eigenvalue weighted by Gasteiger charge is -2.34. The maximum Gasteiger partial charge on any atom is 0.246 e. The van der Waals surface area contributed by atoms with Gasteiger partial charge in [0.15, 0.2) is 5.65 Å². The molecule has 1 amide bonds. The number of fused-ring (bicyclic) bond motifs is 1. The van der Waals surface area contributed by atoms with E-state index < -0.39 is 0 Å². The van der Waals surface area contributed by atoms with Crippen molar-refractivity contribution in [2.75, 3.05) is 31.1 Å². The first-order chi connectivity index (χ1) is 10.2. The van der Waals surface area contributed by atoms with Crippen LogP contribution in [0.4, 0.5) is 5.95 Å². The third-order valence-electron chi connectivity index (χ3n) is 3.64. The monoisotopic (exact) mass is 288 g/mol. The molecule has 0 aliphatic carbocycles. The Bertz CT molecular complexity index is 652. The van der Waals surface area contributed by atoms with Crippen molar-refractivity contribution in [1.29, 1.82) is 0 Å². The highest BCUT2D eigenvalue weighted by Gasteiger charge is 2.30. The minimum atomic E-state index is -0.266. The molecule has 1 fully saturated rings. The molecule has 21 heavy (non-hydrogen) atoms. The number of hydrogen-bond donors (Lipinski definition) is 2. The normalized spacial score (nSPS) is 19.0. The number of pyridine rings is 1. The number of aromatic nitrogens is 3. The number of carbonyl (C=O) groups excluding carboxylic acids is 1. The molecule has 1 atom stereocenters. The van der Waals surface area contributed by atoms with Crippen molar-refractivity contribution in [3.05, 3.63) is 23.9 Å². The summed E-state index contributed by atoms with van der Waals surface area (Å²) in [5.41, 5.74) is 1.94. The van der Waals surface area contributed by atoms with Crippen LogP contribution in [0.15, 0.2) is 18.3 Å². The van der Waals surface area contributed by atoms with E-state index in [4.69, 9.17) is 0 Å². The third-order valence-corrected chi connectivity index (χ3v) is 3.64. The van der Waals surface area contributed by atoms with E-state index in [0.717, 1.165) is 24.3 Å². The molecule has 0 spiro atoms. The summed E-state index contributed by atoms with van der Waals surface area (Å²) >= 11 is 0. The Balaban J connectivity index is 1.92. The number of rotatable bonds is 3. The van der Waals surface area contributed by atoms with Crippen LogP contribution in [0.25, 0.3) is 5.65 Å². The van der Waals surface area contributed by atoms with Crippen molar-refractivity contribution in [3.8, 4) is 0 Å². The van der Waals surface area contributed by atoms with Crippen LogP contribution in [0, 0.1) is 6.92 Å². The van der Waals surface area contributed by atoms with Gasteiger partial charge in [-0.3, -0.25) is 4.79 Å². The van der Waals surface area contributed by atoms with Gasteiger partial charge in [-0.15, -0.1) is 5.10 Å². The van der Waals surface area contributed by atoms with Crippen LogP contribution in [0.3, 0.4) is 0 Å². The molecule has 0 aromatic carbocycles. The standard InChI is InChI=1S/C14H20N6O/c1-3-16-13(21)11-9-15-5-7-19(11)14-17-12-8-10(2)4-6-20(12)18-14/h4,6,8,11,15H,3,5,7,9H2,1-2H3,(H,16,21). The first kappa shape index (κ1) is 13.8. The number of likely N-dealkylation sites (N-methyl/N-ethyl adjacent to an activating group) is 1. The first-order valence-corrected chi connectivity index (χ1v) is 7.27. The van der Waals surface area contributed by atoms with Crippen molar-refractivity contribution in [3.63, 3.8) is 0 Å². The van der Waals surface area contributed by atoms with Crippen LogP contribution in [-0.2, 0) is 4.79 Å². The fourth-order valence-electron chi connectivity index (χ4n) is 2.56. The summed E-state index contributed by atoms with van der Waals surface area (Å²) in [7, 11) is 0. The molecule has 7 nitrogen and oxygen atoms in total. The maximum atomic E-state index is 12.2. The van der Waals surface area contributed by atoms with E-state index in [2.05, 4.69) is 20.7 Å². The molecule has 3 heterocycles. The van der Waals surface area contributed by atoms with Gasteiger partial charge in [-0.1, -0.05) is 0 Å². The van der Waals surface area contributed by atoms with E-state index in [9.17, 15) is 4.79 Å². The quantitative estimate of drug-likeness (QED) is 0.828. The van der Waals surface area contributed by atoms with Gasteiger partial charge < -0.3 is 15.5 Å². The minimum absolute atomic E-state index is 0.0136. The highest BCUT2D eigenvalue weighted by Crippen LogP contribution is 2.16. The summed E-state index contributed by atoms with van der Waals surface area (Å²) in [5.74, 6) is 0.623. The zero-order valence-electron chi connectivity index (χ0n) is 12.3. The second kappa shape index (κ2) is 5.69. The number of hydrogen-bond acceptors (Lipinski definition) is 5. The highest BCUT2D eigenvalue weighted by molar-refractivity contribution is 5.85. The fraction of sp³-hybridized carbons (Fsp3) is 0.500. The Morgan fingerprint density at radius 3 is 3.24 bits per heavy atom. The summed E-state index contributed by atoms with van der Waals surface area (Å²) < 4.78 is 1.75. The Hall–Kier alpha value is -2.15. The zero-order valence-corrected chi connectivity index (χ0v) is 12.3. The van der Waals surface area contributed by atoms with Gasteiger partial charge >= 0.3 is 0 Å². The van der Waals surface area contributed by atoms with Gasteiger partial charge in [0.25, 0.3) is 0 Å². The Kier molecular flexibility index (Phi) is 3.74. The summed E-state index contributed by atoms with van der Waals surface area (Å²) in [6, 6.07) is 3.71. The van der Waals surface area contributed by atoms with Crippen LogP contribution in [0.5, 0.6) is 0 Å². The third kappa shape index (κ3) is 2.69. The predicted molar refractivity (Wildman–Crippen MR) is 80.4 cm³/mol. The Morgan fingerprint density at radius 1 is 1.57 bits per heavy atom. The Morgan fingerprint density at radius 2 is 2.43 bits per heavy atom. The van der Waals surface area contributed by atoms with Crippen molar-refractivity contribution in [2.45, 2.75) is 19.9 Å². The van der Waals surface area contributed by atoms with E-state index in [1.54, 1.807) is 4.52 Å². The highest BCUT2D eigenvalue weighted by atomic mass is 16.2. The van der Waals surface area contributed by atoms with E-state index in [0.29, 0.717) is 19.0 Å². The fourth-order valence-corrected chi connectivity index (χ4v) is 2.56. The summed E-state index contributed by atoms with van der Waals surface area (Å²) in [6.45, 7) is 6.73. The van der Waals surface area contributed by atoms with Gasteiger partial charge in [0.1, 0.15) is 6.04 Å². The number of aryl methyl sites for hydroxylation is 1. The van der Waals surface area contributed by atoms with Crippen LogP contribution >= 0.6 is 0 Å². The minimum Gasteiger partial charge on any atom is -0.355 e. The largest absolute Gasteiger partial charge is 0.355 e. The average Bonchev–Trinajstić information content (AvgIpc) is 2.90. The van der Waals surface area contributed by atoms with Gasteiger partial charge in [0, 0.05) is 32.4 Å². The number of anilines is 1. The summed E-state index contributed by atoms with van der Waals surface area (Å²) in [4.78, 5) is 18.7. The van der Waals surface area contributed by atoms with Crippen molar-refractivity contribution < 1.29 is 4.79 Å². The predicted octanol–water partition coefficient (Wildman–Crippen LogP) is -0.0480. The first-order valence-electron chi connectivity index (χ1n) is 7.27. The average molecular weight is 288 g/mol. The lowest BCUT2D eigenvalue weighted by molar-refractivity contribution is -0.122. The molecule has 0 radical (unpaired) electrons. The van der Waals surface area contributed by atoms with Gasteiger partial charge in [-0.25, -0.2) is 4.52 Å². The maximum absolute atomic E-state index is 12.2. The molecular formula is C14H20N6O. The van der Waals surface area contributed by atoms with Crippen LogP contribution in [0.1, 0.15) is 12.5 Å². The number of nitrogens with zero attached hydrogens (tertiary/aromatic N) is 4. The van der Waals surface area contributed by atoms with Gasteiger partial charge in [0.2, 0.25) is 11.9 Å². The van der Waals surface area contributed by atoms with Crippen molar-refractivity contribution in [1.82, 2.24) is 25.2 Å². The summed E-state index contributed by atoms with van der Waals surface area (Å²) in [6.07, 6.45) is 1.89. The molecule has 2 aromatic heterocycles. The molecule has 0 bridgehead atoms. The number of carbonyl (C=O) groups is 1. The Labute approximate surface area is 123 Å². The van der Waals surface area contributed by atoms with E-state index in [-0.39, 0.29) is 11.9 Å². The molecule has 2 aromatic rings. The molecule has 0 saturated carbocycles. The molecular weight excluding hydrogens is 268 g/mol. The second-order valence-electron chi connectivity index (χ2n) is 5.23. The molecule has 1 saturated heterocycles. The van der Waals surface area contributed by atoms with Crippen molar-refractivity contribution >= 4 is 17.5 Å². The van der Waals surface area contributed by atoms with Gasteiger partial charge in [0.05, 0.1) is 0 Å². The van der Waals surface area contributed by atoms with E-state index >= 15 is 0 Å². The van der Waals surface area contributed by atoms with E-state index in [1.807, 2.05) is 37.1 Å². The lowest BCUT2D eigenvalue weighted by Crippen LogP contribution is -2.58. The molecule has 1 aliphatic rings. The number of piperazine rings is 1. The lowest BCUT2D eigenvalue weighted by atomic mass is 10.2. The molecule has 7 heteroatoms. The van der Waals surface area contributed by atoms with Gasteiger partial charge in [-0.2, -0.15) is 4.98 Å². The SMILES string of the molecule is CCNC(=O)C1CNCCN1c1nc2cc(C)ccn2n1.